The van der Waals surface area contributed by atoms with Crippen LogP contribution >= 0.6 is 23.5 Å². The number of thioether (sulfide) groups is 2. The van der Waals surface area contributed by atoms with Crippen molar-refractivity contribution in [2.24, 2.45) is 0 Å². The maximum Gasteiger partial charge on any atom is 0.407 e. The van der Waals surface area contributed by atoms with Gasteiger partial charge < -0.3 is 15.2 Å². The van der Waals surface area contributed by atoms with Gasteiger partial charge in [-0.1, -0.05) is 29.8 Å². The second kappa shape index (κ2) is 8.69. The third-order valence-corrected chi connectivity index (χ3v) is 7.34. The van der Waals surface area contributed by atoms with Gasteiger partial charge in [0, 0.05) is 0 Å². The molecule has 0 spiro atoms. The lowest BCUT2D eigenvalue weighted by atomic mass is 10.0. The number of aliphatic hydroxyl groups is 1. The molecule has 1 saturated heterocycles. The fourth-order valence-electron chi connectivity index (χ4n) is 2.74. The third kappa shape index (κ3) is 6.12. The standard InChI is InChI=1S/C19H29NO3S2/c1-14-6-8-15(9-7-14)19(24-10-5-11-25-19)12-16(13-21)20-17(22)23-18(2,3)4/h6-9,16,21H,5,10-13H2,1-4H3,(H,20,22)/t16-/m1/s1. The van der Waals surface area contributed by atoms with Crippen LogP contribution in [0, 0.1) is 6.92 Å². The van der Waals surface area contributed by atoms with E-state index in [2.05, 4.69) is 36.5 Å². The van der Waals surface area contributed by atoms with Crippen LogP contribution in [0.1, 0.15) is 44.7 Å². The zero-order chi connectivity index (χ0) is 18.5. The van der Waals surface area contributed by atoms with E-state index in [-0.39, 0.29) is 16.7 Å². The van der Waals surface area contributed by atoms with Crippen molar-refractivity contribution < 1.29 is 14.6 Å². The quantitative estimate of drug-likeness (QED) is 0.794. The van der Waals surface area contributed by atoms with Crippen molar-refractivity contribution in [2.75, 3.05) is 18.1 Å². The first-order valence-electron chi connectivity index (χ1n) is 8.69. The minimum Gasteiger partial charge on any atom is -0.444 e. The van der Waals surface area contributed by atoms with Crippen molar-refractivity contribution >= 4 is 29.6 Å². The number of hydrogen-bond acceptors (Lipinski definition) is 5. The monoisotopic (exact) mass is 383 g/mol. The summed E-state index contributed by atoms with van der Waals surface area (Å²) in [5, 5.41) is 12.7. The normalized spacial score (nSPS) is 18.4. The van der Waals surface area contributed by atoms with Crippen LogP contribution in [0.25, 0.3) is 0 Å². The van der Waals surface area contributed by atoms with Crippen LogP contribution in [0.15, 0.2) is 24.3 Å². The van der Waals surface area contributed by atoms with Crippen molar-refractivity contribution in [1.29, 1.82) is 0 Å². The van der Waals surface area contributed by atoms with Crippen molar-refractivity contribution in [3.63, 3.8) is 0 Å². The molecular weight excluding hydrogens is 354 g/mol. The summed E-state index contributed by atoms with van der Waals surface area (Å²) in [6.07, 6.45) is 1.38. The lowest BCUT2D eigenvalue weighted by Gasteiger charge is -2.39. The highest BCUT2D eigenvalue weighted by Gasteiger charge is 2.38. The molecule has 2 N–H and O–H groups in total. The molecular formula is C19H29NO3S2. The molecule has 1 fully saturated rings. The Morgan fingerprint density at radius 1 is 1.28 bits per heavy atom. The van der Waals surface area contributed by atoms with E-state index in [9.17, 15) is 9.90 Å². The summed E-state index contributed by atoms with van der Waals surface area (Å²) in [5.74, 6) is 2.18. The fourth-order valence-corrected chi connectivity index (χ4v) is 6.24. The van der Waals surface area contributed by atoms with Crippen molar-refractivity contribution in [1.82, 2.24) is 5.32 Å². The predicted octanol–water partition coefficient (Wildman–Crippen LogP) is 4.29. The Bertz CT molecular complexity index is 563. The second-order valence-corrected chi connectivity index (χ2v) is 10.4. The molecule has 4 nitrogen and oxygen atoms in total. The molecule has 1 atom stereocenters. The number of aliphatic hydroxyl groups excluding tert-OH is 1. The van der Waals surface area contributed by atoms with E-state index in [1.807, 2.05) is 44.3 Å². The van der Waals surface area contributed by atoms with Gasteiger partial charge in [-0.2, -0.15) is 0 Å². The number of alkyl carbamates (subject to hydrolysis) is 1. The molecule has 1 aromatic carbocycles. The summed E-state index contributed by atoms with van der Waals surface area (Å²) < 4.78 is 5.19. The SMILES string of the molecule is Cc1ccc(C2(C[C@H](CO)NC(=O)OC(C)(C)C)SCCCS2)cc1. The maximum absolute atomic E-state index is 12.1. The Balaban J connectivity index is 2.14. The van der Waals surface area contributed by atoms with Gasteiger partial charge in [-0.15, -0.1) is 23.5 Å². The molecule has 2 rings (SSSR count). The number of benzene rings is 1. The highest BCUT2D eigenvalue weighted by Crippen LogP contribution is 2.53. The van der Waals surface area contributed by atoms with Crippen LogP contribution in [0.3, 0.4) is 0 Å². The largest absolute Gasteiger partial charge is 0.444 e. The minimum absolute atomic E-state index is 0.103. The zero-order valence-electron chi connectivity index (χ0n) is 15.5. The summed E-state index contributed by atoms with van der Waals surface area (Å²) in [6, 6.07) is 8.25. The zero-order valence-corrected chi connectivity index (χ0v) is 17.1. The number of hydrogen-bond donors (Lipinski definition) is 2. The van der Waals surface area contributed by atoms with Gasteiger partial charge in [0.1, 0.15) is 5.60 Å². The molecule has 0 saturated carbocycles. The molecule has 1 aliphatic heterocycles. The van der Waals surface area contributed by atoms with Crippen LogP contribution in [0.4, 0.5) is 4.79 Å². The third-order valence-electron chi connectivity index (χ3n) is 3.91. The van der Waals surface area contributed by atoms with E-state index in [0.29, 0.717) is 6.42 Å². The lowest BCUT2D eigenvalue weighted by molar-refractivity contribution is 0.0478. The summed E-state index contributed by atoms with van der Waals surface area (Å²) in [6.45, 7) is 7.48. The molecule has 0 unspecified atom stereocenters. The van der Waals surface area contributed by atoms with E-state index in [4.69, 9.17) is 4.74 Å². The highest BCUT2D eigenvalue weighted by atomic mass is 32.2. The topological polar surface area (TPSA) is 58.6 Å². The van der Waals surface area contributed by atoms with Crippen molar-refractivity contribution in [3.05, 3.63) is 35.4 Å². The van der Waals surface area contributed by atoms with E-state index < -0.39 is 11.7 Å². The lowest BCUT2D eigenvalue weighted by Crippen LogP contribution is -2.44. The van der Waals surface area contributed by atoms with E-state index in [0.717, 1.165) is 11.5 Å². The molecule has 0 aromatic heterocycles. The van der Waals surface area contributed by atoms with Crippen LogP contribution in [0.5, 0.6) is 0 Å². The van der Waals surface area contributed by atoms with E-state index in [1.54, 1.807) is 0 Å². The van der Waals surface area contributed by atoms with Crippen LogP contribution in [-0.4, -0.2) is 41.0 Å². The Morgan fingerprint density at radius 3 is 2.40 bits per heavy atom. The van der Waals surface area contributed by atoms with Crippen molar-refractivity contribution in [2.45, 2.75) is 56.3 Å². The Hall–Kier alpha value is -0.850. The number of amides is 1. The first kappa shape index (κ1) is 20.5. The molecule has 25 heavy (non-hydrogen) atoms. The number of carbonyl (C=O) groups excluding carboxylic acids is 1. The van der Waals surface area contributed by atoms with Crippen LogP contribution in [0.2, 0.25) is 0 Å². The van der Waals surface area contributed by atoms with E-state index >= 15 is 0 Å². The fraction of sp³-hybridized carbons (Fsp3) is 0.632. The Morgan fingerprint density at radius 2 is 1.88 bits per heavy atom. The number of ether oxygens (including phenoxy) is 1. The van der Waals surface area contributed by atoms with Gasteiger partial charge in [-0.05, 0) is 57.6 Å². The molecule has 1 heterocycles. The van der Waals surface area contributed by atoms with Gasteiger partial charge in [0.05, 0.1) is 16.7 Å². The summed E-state index contributed by atoms with van der Waals surface area (Å²) in [7, 11) is 0. The van der Waals surface area contributed by atoms with Crippen LogP contribution < -0.4 is 5.32 Å². The first-order chi connectivity index (χ1) is 11.7. The average molecular weight is 384 g/mol. The van der Waals surface area contributed by atoms with Gasteiger partial charge in [0.15, 0.2) is 0 Å². The number of carbonyl (C=O) groups is 1. The molecule has 0 aliphatic carbocycles. The molecule has 1 aromatic rings. The molecule has 6 heteroatoms. The smallest absolute Gasteiger partial charge is 0.407 e. The molecule has 0 bridgehead atoms. The predicted molar refractivity (Wildman–Crippen MR) is 107 cm³/mol. The van der Waals surface area contributed by atoms with Crippen LogP contribution in [-0.2, 0) is 8.82 Å². The van der Waals surface area contributed by atoms with Gasteiger partial charge in [0.25, 0.3) is 0 Å². The molecule has 140 valence electrons. The first-order valence-corrected chi connectivity index (χ1v) is 10.7. The average Bonchev–Trinajstić information content (AvgIpc) is 2.54. The Labute approximate surface area is 159 Å². The minimum atomic E-state index is -0.549. The summed E-state index contributed by atoms with van der Waals surface area (Å²) in [5.41, 5.74) is 1.93. The summed E-state index contributed by atoms with van der Waals surface area (Å²) in [4.78, 5) is 12.1. The highest BCUT2D eigenvalue weighted by molar-refractivity contribution is 8.18. The molecule has 1 aliphatic rings. The molecule has 1 amide bonds. The molecule has 0 radical (unpaired) electrons. The van der Waals surface area contributed by atoms with Crippen molar-refractivity contribution in [3.8, 4) is 0 Å². The van der Waals surface area contributed by atoms with Gasteiger partial charge in [-0.25, -0.2) is 4.79 Å². The number of aryl methyl sites for hydroxylation is 1. The number of rotatable bonds is 5. The van der Waals surface area contributed by atoms with Gasteiger partial charge >= 0.3 is 6.09 Å². The summed E-state index contributed by atoms with van der Waals surface area (Å²) >= 11 is 3.83. The Kier molecular flexibility index (Phi) is 7.11. The van der Waals surface area contributed by atoms with E-state index in [1.165, 1.54) is 17.5 Å². The van der Waals surface area contributed by atoms with Gasteiger partial charge in [0.2, 0.25) is 0 Å². The second-order valence-electron chi connectivity index (χ2n) is 7.40. The number of nitrogens with one attached hydrogen (secondary N) is 1. The maximum atomic E-state index is 12.1. The van der Waals surface area contributed by atoms with Gasteiger partial charge in [-0.3, -0.25) is 0 Å².